The van der Waals surface area contributed by atoms with Crippen LogP contribution in [-0.4, -0.2) is 29.3 Å². The molecule has 0 aliphatic carbocycles. The van der Waals surface area contributed by atoms with Gasteiger partial charge in [0.2, 0.25) is 0 Å². The van der Waals surface area contributed by atoms with Gasteiger partial charge in [-0.25, -0.2) is 4.68 Å². The molecule has 1 amide bonds. The summed E-state index contributed by atoms with van der Waals surface area (Å²) in [4.78, 5) is 12.2. The third-order valence-electron chi connectivity index (χ3n) is 3.62. The molecular weight excluding hydrogens is 335 g/mol. The van der Waals surface area contributed by atoms with Crippen molar-refractivity contribution >= 4 is 5.91 Å². The topological polar surface area (TPSA) is 56.2 Å². The predicted molar refractivity (Wildman–Crippen MR) is 87.0 cm³/mol. The number of hydrogen-bond donors (Lipinski definition) is 1. The molecule has 1 aromatic heterocycles. The number of halogens is 3. The Morgan fingerprint density at radius 2 is 2.08 bits per heavy atom. The summed E-state index contributed by atoms with van der Waals surface area (Å²) in [5, 5.41) is 6.82. The number of nitrogens with one attached hydrogen (secondary N) is 1. The summed E-state index contributed by atoms with van der Waals surface area (Å²) in [5.41, 5.74) is -0.556. The van der Waals surface area contributed by atoms with Gasteiger partial charge in [-0.2, -0.15) is 18.3 Å². The van der Waals surface area contributed by atoms with Crippen molar-refractivity contribution in [2.24, 2.45) is 0 Å². The van der Waals surface area contributed by atoms with Gasteiger partial charge in [-0.15, -0.1) is 0 Å². The molecule has 8 heteroatoms. The second-order valence-corrected chi connectivity index (χ2v) is 5.50. The molecule has 2 aromatic rings. The Morgan fingerprint density at radius 3 is 2.72 bits per heavy atom. The fourth-order valence-electron chi connectivity index (χ4n) is 2.28. The van der Waals surface area contributed by atoms with E-state index in [-0.39, 0.29) is 17.1 Å². The summed E-state index contributed by atoms with van der Waals surface area (Å²) in [6, 6.07) is 4.71. The Bertz CT molecular complexity index is 726. The summed E-state index contributed by atoms with van der Waals surface area (Å²) in [5.74, 6) is -0.218. The van der Waals surface area contributed by atoms with E-state index in [2.05, 4.69) is 17.3 Å². The molecule has 0 bridgehead atoms. The van der Waals surface area contributed by atoms with Crippen LogP contribution in [0.4, 0.5) is 13.2 Å². The van der Waals surface area contributed by atoms with E-state index in [9.17, 15) is 18.0 Å². The maximum absolute atomic E-state index is 12.8. The SMILES string of the molecule is CCCCCNC(=O)c1nn(-c2cccc(C(F)(F)F)c2)cc1OC. The number of benzene rings is 1. The maximum Gasteiger partial charge on any atom is 0.416 e. The van der Waals surface area contributed by atoms with E-state index in [1.54, 1.807) is 0 Å². The highest BCUT2D eigenvalue weighted by atomic mass is 19.4. The van der Waals surface area contributed by atoms with E-state index < -0.39 is 17.6 Å². The lowest BCUT2D eigenvalue weighted by atomic mass is 10.2. The first-order chi connectivity index (χ1) is 11.9. The number of amides is 1. The molecule has 0 saturated heterocycles. The van der Waals surface area contributed by atoms with Crippen molar-refractivity contribution in [3.05, 3.63) is 41.7 Å². The van der Waals surface area contributed by atoms with Crippen molar-refractivity contribution in [3.8, 4) is 11.4 Å². The number of rotatable bonds is 7. The number of carbonyl (C=O) groups is 1. The largest absolute Gasteiger partial charge is 0.493 e. The molecular formula is C17H20F3N3O2. The highest BCUT2D eigenvalue weighted by molar-refractivity contribution is 5.94. The first-order valence-electron chi connectivity index (χ1n) is 7.96. The van der Waals surface area contributed by atoms with Crippen LogP contribution in [0.1, 0.15) is 42.2 Å². The fourth-order valence-corrected chi connectivity index (χ4v) is 2.28. The van der Waals surface area contributed by atoms with E-state index >= 15 is 0 Å². The van der Waals surface area contributed by atoms with E-state index in [0.29, 0.717) is 6.54 Å². The van der Waals surface area contributed by atoms with Crippen molar-refractivity contribution in [3.63, 3.8) is 0 Å². The first kappa shape index (κ1) is 18.8. The average Bonchev–Trinajstić information content (AvgIpc) is 3.02. The summed E-state index contributed by atoms with van der Waals surface area (Å²) in [6.45, 7) is 2.56. The summed E-state index contributed by atoms with van der Waals surface area (Å²) < 4.78 is 44.9. The quantitative estimate of drug-likeness (QED) is 0.768. The highest BCUT2D eigenvalue weighted by Gasteiger charge is 2.30. The molecule has 1 heterocycles. The number of nitrogens with zero attached hydrogens (tertiary/aromatic N) is 2. The minimum atomic E-state index is -4.45. The number of carbonyl (C=O) groups excluding carboxylic acids is 1. The lowest BCUT2D eigenvalue weighted by Gasteiger charge is -2.08. The predicted octanol–water partition coefficient (Wildman–Crippen LogP) is 3.82. The highest BCUT2D eigenvalue weighted by Crippen LogP contribution is 2.30. The Kier molecular flexibility index (Phi) is 6.06. The van der Waals surface area contributed by atoms with Gasteiger partial charge >= 0.3 is 6.18 Å². The van der Waals surface area contributed by atoms with Crippen LogP contribution in [0.3, 0.4) is 0 Å². The molecule has 25 heavy (non-hydrogen) atoms. The monoisotopic (exact) mass is 355 g/mol. The van der Waals surface area contributed by atoms with Crippen LogP contribution in [0, 0.1) is 0 Å². The molecule has 136 valence electrons. The number of unbranched alkanes of at least 4 members (excludes halogenated alkanes) is 2. The average molecular weight is 355 g/mol. The molecule has 0 saturated carbocycles. The molecule has 0 spiro atoms. The van der Waals surface area contributed by atoms with Crippen molar-refractivity contribution < 1.29 is 22.7 Å². The number of ether oxygens (including phenoxy) is 1. The number of aromatic nitrogens is 2. The molecule has 0 aliphatic rings. The van der Waals surface area contributed by atoms with Gasteiger partial charge < -0.3 is 10.1 Å². The van der Waals surface area contributed by atoms with Crippen LogP contribution in [0.2, 0.25) is 0 Å². The van der Waals surface area contributed by atoms with Crippen LogP contribution < -0.4 is 10.1 Å². The van der Waals surface area contributed by atoms with E-state index in [1.165, 1.54) is 30.1 Å². The van der Waals surface area contributed by atoms with Gasteiger partial charge in [-0.05, 0) is 24.6 Å². The zero-order chi connectivity index (χ0) is 18.4. The number of hydrogen-bond acceptors (Lipinski definition) is 3. The molecule has 0 atom stereocenters. The van der Waals surface area contributed by atoms with Gasteiger partial charge in [0, 0.05) is 6.54 Å². The molecule has 1 N–H and O–H groups in total. The third kappa shape index (κ3) is 4.74. The standard InChI is InChI=1S/C17H20F3N3O2/c1-3-4-5-9-21-16(24)15-14(25-2)11-23(22-15)13-8-6-7-12(10-13)17(18,19)20/h6-8,10-11H,3-5,9H2,1-2H3,(H,21,24). The molecule has 2 rings (SSSR count). The van der Waals surface area contributed by atoms with Crippen LogP contribution in [0.5, 0.6) is 5.75 Å². The first-order valence-corrected chi connectivity index (χ1v) is 7.96. The molecule has 0 aliphatic heterocycles. The minimum absolute atomic E-state index is 0.0383. The molecule has 5 nitrogen and oxygen atoms in total. The van der Waals surface area contributed by atoms with Crippen LogP contribution >= 0.6 is 0 Å². The van der Waals surface area contributed by atoms with Crippen molar-refractivity contribution in [2.75, 3.05) is 13.7 Å². The van der Waals surface area contributed by atoms with Gasteiger partial charge in [-0.1, -0.05) is 25.8 Å². The van der Waals surface area contributed by atoms with Gasteiger partial charge in [0.25, 0.3) is 5.91 Å². The molecule has 0 radical (unpaired) electrons. The minimum Gasteiger partial charge on any atom is -0.493 e. The van der Waals surface area contributed by atoms with Crippen molar-refractivity contribution in [1.82, 2.24) is 15.1 Å². The normalized spacial score (nSPS) is 11.4. The fraction of sp³-hybridized carbons (Fsp3) is 0.412. The van der Waals surface area contributed by atoms with Gasteiger partial charge in [0.15, 0.2) is 11.4 Å². The summed E-state index contributed by atoms with van der Waals surface area (Å²) in [7, 11) is 1.38. The zero-order valence-corrected chi connectivity index (χ0v) is 14.1. The summed E-state index contributed by atoms with van der Waals surface area (Å²) in [6.07, 6.45) is -0.193. The van der Waals surface area contributed by atoms with Gasteiger partial charge in [0.05, 0.1) is 24.6 Å². The zero-order valence-electron chi connectivity index (χ0n) is 14.1. The second-order valence-electron chi connectivity index (χ2n) is 5.50. The van der Waals surface area contributed by atoms with E-state index in [0.717, 1.165) is 31.4 Å². The molecule has 0 unspecified atom stereocenters. The number of methoxy groups -OCH3 is 1. The van der Waals surface area contributed by atoms with Gasteiger partial charge in [-0.3, -0.25) is 4.79 Å². The lowest BCUT2D eigenvalue weighted by Crippen LogP contribution is -2.25. The Hall–Kier alpha value is -2.51. The molecule has 0 fully saturated rings. The van der Waals surface area contributed by atoms with Crippen LogP contribution in [0.25, 0.3) is 5.69 Å². The maximum atomic E-state index is 12.8. The second kappa shape index (κ2) is 8.04. The smallest absolute Gasteiger partial charge is 0.416 e. The molecule has 1 aromatic carbocycles. The Morgan fingerprint density at radius 1 is 1.32 bits per heavy atom. The van der Waals surface area contributed by atoms with Gasteiger partial charge in [0.1, 0.15) is 0 Å². The Labute approximate surface area is 143 Å². The van der Waals surface area contributed by atoms with E-state index in [4.69, 9.17) is 4.74 Å². The lowest BCUT2D eigenvalue weighted by molar-refractivity contribution is -0.137. The third-order valence-corrected chi connectivity index (χ3v) is 3.62. The number of alkyl halides is 3. The van der Waals surface area contributed by atoms with E-state index in [1.807, 2.05) is 0 Å². The van der Waals surface area contributed by atoms with Crippen molar-refractivity contribution in [1.29, 1.82) is 0 Å². The summed E-state index contributed by atoms with van der Waals surface area (Å²) >= 11 is 0. The Balaban J connectivity index is 2.24. The van der Waals surface area contributed by atoms with Crippen LogP contribution in [-0.2, 0) is 6.18 Å². The van der Waals surface area contributed by atoms with Crippen molar-refractivity contribution in [2.45, 2.75) is 32.4 Å². The van der Waals surface area contributed by atoms with Crippen LogP contribution in [0.15, 0.2) is 30.5 Å².